The van der Waals surface area contributed by atoms with Crippen molar-refractivity contribution in [2.24, 2.45) is 0 Å². The van der Waals surface area contributed by atoms with Gasteiger partial charge in [-0.1, -0.05) is 17.7 Å². The zero-order chi connectivity index (χ0) is 11.5. The first-order chi connectivity index (χ1) is 7.66. The third kappa shape index (κ3) is 2.25. The van der Waals surface area contributed by atoms with Crippen LogP contribution in [0.5, 0.6) is 0 Å². The zero-order valence-electron chi connectivity index (χ0n) is 8.08. The molecule has 82 valence electrons. The van der Waals surface area contributed by atoms with Crippen LogP contribution in [-0.2, 0) is 6.42 Å². The number of hydrogen-bond donors (Lipinski definition) is 1. The minimum atomic E-state index is -0.500. The third-order valence-electron chi connectivity index (χ3n) is 2.05. The molecule has 0 atom stereocenters. The van der Waals surface area contributed by atoms with Gasteiger partial charge in [-0.05, 0) is 17.7 Å². The summed E-state index contributed by atoms with van der Waals surface area (Å²) in [5.41, 5.74) is 0.283. The summed E-state index contributed by atoms with van der Waals surface area (Å²) in [7, 11) is 0. The lowest BCUT2D eigenvalue weighted by Crippen LogP contribution is -2.07. The molecule has 1 heterocycles. The molecule has 0 bridgehead atoms. The molecule has 1 N–H and O–H groups in total. The van der Waals surface area contributed by atoms with Crippen molar-refractivity contribution >= 4 is 17.4 Å². The monoisotopic (exact) mass is 239 g/mol. The van der Waals surface area contributed by atoms with E-state index in [4.69, 9.17) is 11.6 Å². The first-order valence-corrected chi connectivity index (χ1v) is 4.87. The van der Waals surface area contributed by atoms with Gasteiger partial charge in [-0.3, -0.25) is 9.89 Å². The highest BCUT2D eigenvalue weighted by atomic mass is 35.5. The molecule has 1 aromatic carbocycles. The first-order valence-electron chi connectivity index (χ1n) is 4.49. The average Bonchev–Trinajstić information content (AvgIpc) is 2.75. The number of aromatic nitrogens is 3. The van der Waals surface area contributed by atoms with Gasteiger partial charge >= 0.3 is 0 Å². The molecule has 16 heavy (non-hydrogen) atoms. The highest BCUT2D eigenvalue weighted by Gasteiger charge is 2.12. The van der Waals surface area contributed by atoms with Crippen molar-refractivity contribution in [1.29, 1.82) is 0 Å². The summed E-state index contributed by atoms with van der Waals surface area (Å²) in [6.07, 6.45) is 1.16. The highest BCUT2D eigenvalue weighted by molar-refractivity contribution is 6.30. The minimum absolute atomic E-state index is 0.0712. The van der Waals surface area contributed by atoms with Crippen molar-refractivity contribution in [1.82, 2.24) is 15.2 Å². The maximum absolute atomic E-state index is 13.4. The van der Waals surface area contributed by atoms with E-state index in [1.54, 1.807) is 0 Å². The van der Waals surface area contributed by atoms with Crippen LogP contribution in [0.25, 0.3) is 0 Å². The minimum Gasteiger partial charge on any atom is -0.290 e. The van der Waals surface area contributed by atoms with Gasteiger partial charge in [-0.2, -0.15) is 5.10 Å². The van der Waals surface area contributed by atoms with Crippen molar-refractivity contribution in [3.05, 3.63) is 46.8 Å². The van der Waals surface area contributed by atoms with E-state index in [1.165, 1.54) is 24.5 Å². The van der Waals surface area contributed by atoms with E-state index < -0.39 is 5.82 Å². The van der Waals surface area contributed by atoms with Crippen molar-refractivity contribution in [3.8, 4) is 0 Å². The van der Waals surface area contributed by atoms with Crippen LogP contribution in [0.1, 0.15) is 16.2 Å². The third-order valence-corrected chi connectivity index (χ3v) is 2.28. The Bertz CT molecular complexity index is 513. The summed E-state index contributed by atoms with van der Waals surface area (Å²) < 4.78 is 13.4. The Balaban J connectivity index is 2.18. The summed E-state index contributed by atoms with van der Waals surface area (Å²) in [6.45, 7) is 0. The van der Waals surface area contributed by atoms with Crippen LogP contribution in [0.3, 0.4) is 0 Å². The number of carbonyl (C=O) groups excluding carboxylic acids is 1. The highest BCUT2D eigenvalue weighted by Crippen LogP contribution is 2.15. The number of halogens is 2. The second kappa shape index (κ2) is 4.40. The zero-order valence-corrected chi connectivity index (χ0v) is 8.83. The molecule has 0 unspecified atom stereocenters. The quantitative estimate of drug-likeness (QED) is 0.834. The molecule has 0 aliphatic carbocycles. The molecule has 0 radical (unpaired) electrons. The largest absolute Gasteiger partial charge is 0.290 e. The topological polar surface area (TPSA) is 58.6 Å². The van der Waals surface area contributed by atoms with Crippen molar-refractivity contribution in [2.75, 3.05) is 0 Å². The van der Waals surface area contributed by atoms with E-state index in [-0.39, 0.29) is 23.6 Å². The molecule has 0 saturated carbocycles. The molecule has 2 rings (SSSR count). The fourth-order valence-electron chi connectivity index (χ4n) is 1.26. The van der Waals surface area contributed by atoms with Crippen molar-refractivity contribution in [3.63, 3.8) is 0 Å². The van der Waals surface area contributed by atoms with Crippen LogP contribution in [-0.4, -0.2) is 21.0 Å². The van der Waals surface area contributed by atoms with E-state index >= 15 is 0 Å². The number of carbonyl (C=O) groups is 1. The smallest absolute Gasteiger partial charge is 0.204 e. The molecule has 0 saturated heterocycles. The summed E-state index contributed by atoms with van der Waals surface area (Å²) in [5, 5.41) is 6.28. The number of H-pyrrole nitrogens is 1. The van der Waals surface area contributed by atoms with Gasteiger partial charge in [0.05, 0.1) is 0 Å². The molecular formula is C10H7ClFN3O. The summed E-state index contributed by atoms with van der Waals surface area (Å²) >= 11 is 5.60. The predicted molar refractivity (Wildman–Crippen MR) is 55.8 cm³/mol. The molecule has 0 aliphatic heterocycles. The number of rotatable bonds is 3. The van der Waals surface area contributed by atoms with Gasteiger partial charge in [0.25, 0.3) is 0 Å². The lowest BCUT2D eigenvalue weighted by Gasteiger charge is -2.01. The van der Waals surface area contributed by atoms with Crippen LogP contribution in [0.15, 0.2) is 24.5 Å². The van der Waals surface area contributed by atoms with Gasteiger partial charge in [0.2, 0.25) is 5.78 Å². The maximum Gasteiger partial charge on any atom is 0.204 e. The number of nitrogens with zero attached hydrogens (tertiary/aromatic N) is 2. The fraction of sp³-hybridized carbons (Fsp3) is 0.100. The Morgan fingerprint density at radius 1 is 1.50 bits per heavy atom. The first kappa shape index (κ1) is 10.8. The number of hydrogen-bond acceptors (Lipinski definition) is 3. The molecule has 1 aromatic heterocycles. The van der Waals surface area contributed by atoms with Gasteiger partial charge in [-0.15, -0.1) is 0 Å². The Kier molecular flexibility index (Phi) is 2.96. The lowest BCUT2D eigenvalue weighted by atomic mass is 10.1. The average molecular weight is 240 g/mol. The second-order valence-electron chi connectivity index (χ2n) is 3.17. The van der Waals surface area contributed by atoms with Crippen LogP contribution in [0.2, 0.25) is 5.02 Å². The number of benzene rings is 1. The molecule has 0 aliphatic rings. The van der Waals surface area contributed by atoms with E-state index in [1.807, 2.05) is 0 Å². The predicted octanol–water partition coefficient (Wildman–Crippen LogP) is 2.02. The van der Waals surface area contributed by atoms with E-state index in [0.29, 0.717) is 5.02 Å². The van der Waals surface area contributed by atoms with Crippen LogP contribution in [0, 0.1) is 5.82 Å². The Morgan fingerprint density at radius 3 is 2.94 bits per heavy atom. The molecule has 0 amide bonds. The number of aromatic amines is 1. The SMILES string of the molecule is O=C(Cc1ccc(Cl)cc1F)c1ncn[nH]1. The summed E-state index contributed by atoms with van der Waals surface area (Å²) in [5.74, 6) is -0.701. The molecule has 6 heteroatoms. The molecule has 2 aromatic rings. The standard InChI is InChI=1S/C10H7ClFN3O/c11-7-2-1-6(8(12)4-7)3-9(16)10-13-5-14-15-10/h1-2,4-5H,3H2,(H,13,14,15). The van der Waals surface area contributed by atoms with Gasteiger partial charge in [-0.25, -0.2) is 9.37 Å². The fourth-order valence-corrected chi connectivity index (χ4v) is 1.42. The normalized spacial score (nSPS) is 10.4. The number of Topliss-reactive ketones (excluding diaryl/α,β-unsaturated/α-hetero) is 1. The Labute approximate surface area is 95.5 Å². The van der Waals surface area contributed by atoms with Crippen LogP contribution < -0.4 is 0 Å². The Morgan fingerprint density at radius 2 is 2.31 bits per heavy atom. The van der Waals surface area contributed by atoms with Gasteiger partial charge in [0.1, 0.15) is 12.1 Å². The van der Waals surface area contributed by atoms with E-state index in [9.17, 15) is 9.18 Å². The summed E-state index contributed by atoms with van der Waals surface area (Å²) in [6, 6.07) is 4.18. The van der Waals surface area contributed by atoms with E-state index in [0.717, 1.165) is 0 Å². The molecule has 0 fully saturated rings. The maximum atomic E-state index is 13.4. The van der Waals surface area contributed by atoms with Gasteiger partial charge in [0, 0.05) is 11.4 Å². The molecular weight excluding hydrogens is 233 g/mol. The lowest BCUT2D eigenvalue weighted by molar-refractivity contribution is 0.0982. The van der Waals surface area contributed by atoms with Gasteiger partial charge < -0.3 is 0 Å². The van der Waals surface area contributed by atoms with E-state index in [2.05, 4.69) is 15.2 Å². The van der Waals surface area contributed by atoms with Crippen LogP contribution in [0.4, 0.5) is 4.39 Å². The van der Waals surface area contributed by atoms with Crippen molar-refractivity contribution < 1.29 is 9.18 Å². The number of nitrogens with one attached hydrogen (secondary N) is 1. The second-order valence-corrected chi connectivity index (χ2v) is 3.61. The number of ketones is 1. The van der Waals surface area contributed by atoms with Crippen LogP contribution >= 0.6 is 11.6 Å². The summed E-state index contributed by atoms with van der Waals surface area (Å²) in [4.78, 5) is 15.3. The Hall–Kier alpha value is -1.75. The van der Waals surface area contributed by atoms with Gasteiger partial charge in [0.15, 0.2) is 5.82 Å². The van der Waals surface area contributed by atoms with Crippen molar-refractivity contribution in [2.45, 2.75) is 6.42 Å². The molecule has 0 spiro atoms. The molecule has 4 nitrogen and oxygen atoms in total.